The number of nitrogens with one attached hydrogen (secondary N) is 1. The number of aliphatic carboxylic acids is 2. The van der Waals surface area contributed by atoms with E-state index in [0.717, 1.165) is 44.6 Å². The van der Waals surface area contributed by atoms with E-state index in [2.05, 4.69) is 32.5 Å². The number of carboxylic acid groups (broad SMARTS) is 2. The zero-order valence-corrected chi connectivity index (χ0v) is 22.8. The van der Waals surface area contributed by atoms with E-state index in [-0.39, 0.29) is 17.4 Å². The van der Waals surface area contributed by atoms with Gasteiger partial charge in [-0.05, 0) is 68.1 Å². The average Bonchev–Trinajstić information content (AvgIpc) is 3.48. The second kappa shape index (κ2) is 15.6. The third kappa shape index (κ3) is 10.1. The maximum Gasteiger partial charge on any atom is 0.328 e. The maximum atomic E-state index is 12.4. The molecule has 14 nitrogen and oxygen atoms in total. The van der Waals surface area contributed by atoms with Gasteiger partial charge in [-0.15, -0.1) is 0 Å². The molecule has 0 saturated carbocycles. The summed E-state index contributed by atoms with van der Waals surface area (Å²) in [6, 6.07) is 13.9. The number of benzene rings is 2. The molecule has 1 amide bonds. The highest BCUT2D eigenvalue weighted by molar-refractivity contribution is 5.90. The molecule has 222 valence electrons. The molecule has 14 heteroatoms. The van der Waals surface area contributed by atoms with Crippen LogP contribution in [-0.4, -0.2) is 74.8 Å². The van der Waals surface area contributed by atoms with Crippen molar-refractivity contribution < 1.29 is 38.8 Å². The third-order valence-corrected chi connectivity index (χ3v) is 6.41. The topological polar surface area (TPSA) is 198 Å². The van der Waals surface area contributed by atoms with E-state index in [1.54, 1.807) is 7.11 Å². The number of aromatic nitrogens is 2. The number of piperidine rings is 1. The Hall–Kier alpha value is -5.11. The predicted octanol–water partition coefficient (Wildman–Crippen LogP) is 3.40. The number of rotatable bonds is 11. The molecule has 0 spiro atoms. The SMILES string of the molecule is COc1cccc(CN2CCC(CCNC(=O)c3noc(-c4ccc([N+](=O)[O-])cc4)n3)CC2)c1.O=C(O)/C=C/C(=O)O. The summed E-state index contributed by atoms with van der Waals surface area (Å²) in [5, 5.41) is 33.0. The van der Waals surface area contributed by atoms with Crippen LogP contribution in [-0.2, 0) is 16.1 Å². The number of nitro benzene ring substituents is 1. The molecule has 3 N–H and O–H groups in total. The minimum atomic E-state index is -1.26. The molecule has 3 aromatic rings. The van der Waals surface area contributed by atoms with Crippen LogP contribution in [0.15, 0.2) is 65.2 Å². The number of methoxy groups -OCH3 is 1. The van der Waals surface area contributed by atoms with Crippen LogP contribution < -0.4 is 10.1 Å². The highest BCUT2D eigenvalue weighted by atomic mass is 16.6. The van der Waals surface area contributed by atoms with Gasteiger partial charge in [0, 0.05) is 42.9 Å². The fraction of sp³-hybridized carbons (Fsp3) is 0.321. The molecule has 0 atom stereocenters. The molecule has 0 unspecified atom stereocenters. The quantitative estimate of drug-likeness (QED) is 0.170. The Morgan fingerprint density at radius 1 is 1.12 bits per heavy atom. The summed E-state index contributed by atoms with van der Waals surface area (Å²) in [5.74, 6) is -1.38. The first kappa shape index (κ1) is 31.4. The lowest BCUT2D eigenvalue weighted by atomic mass is 9.93. The molecular weight excluding hydrogens is 550 g/mol. The van der Waals surface area contributed by atoms with Crippen molar-refractivity contribution in [3.05, 3.63) is 82.2 Å². The van der Waals surface area contributed by atoms with Gasteiger partial charge >= 0.3 is 11.9 Å². The summed E-state index contributed by atoms with van der Waals surface area (Å²) in [7, 11) is 1.68. The molecule has 1 aliphatic rings. The fourth-order valence-electron chi connectivity index (χ4n) is 4.23. The molecule has 2 aromatic carbocycles. The van der Waals surface area contributed by atoms with Crippen molar-refractivity contribution in [3.63, 3.8) is 0 Å². The first-order valence-electron chi connectivity index (χ1n) is 13.0. The van der Waals surface area contributed by atoms with Crippen molar-refractivity contribution in [2.24, 2.45) is 5.92 Å². The number of non-ortho nitro benzene ring substituents is 1. The molecule has 0 bridgehead atoms. The van der Waals surface area contributed by atoms with Crippen molar-refractivity contribution in [3.8, 4) is 17.2 Å². The smallest absolute Gasteiger partial charge is 0.328 e. The van der Waals surface area contributed by atoms with Crippen LogP contribution in [0.4, 0.5) is 5.69 Å². The number of carboxylic acids is 2. The number of amides is 1. The van der Waals surface area contributed by atoms with Crippen molar-refractivity contribution >= 4 is 23.5 Å². The van der Waals surface area contributed by atoms with Crippen LogP contribution in [0.25, 0.3) is 11.5 Å². The molecule has 1 aliphatic heterocycles. The van der Waals surface area contributed by atoms with Crippen LogP contribution in [0, 0.1) is 16.0 Å². The van der Waals surface area contributed by atoms with Crippen LogP contribution in [0.2, 0.25) is 0 Å². The van der Waals surface area contributed by atoms with E-state index in [0.29, 0.717) is 30.2 Å². The molecule has 1 fully saturated rings. The van der Waals surface area contributed by atoms with Gasteiger partial charge in [-0.2, -0.15) is 4.98 Å². The number of carbonyl (C=O) groups excluding carboxylic acids is 1. The van der Waals surface area contributed by atoms with Crippen LogP contribution in [0.5, 0.6) is 5.75 Å². The van der Waals surface area contributed by atoms with Gasteiger partial charge in [0.15, 0.2) is 0 Å². The number of likely N-dealkylation sites (tertiary alicyclic amines) is 1. The monoisotopic (exact) mass is 581 g/mol. The summed E-state index contributed by atoms with van der Waals surface area (Å²) in [4.78, 5) is 48.3. The summed E-state index contributed by atoms with van der Waals surface area (Å²) in [5.41, 5.74) is 1.73. The molecule has 0 aliphatic carbocycles. The second-order valence-corrected chi connectivity index (χ2v) is 9.35. The third-order valence-electron chi connectivity index (χ3n) is 6.41. The number of nitro groups is 1. The number of hydrogen-bond donors (Lipinski definition) is 3. The van der Waals surface area contributed by atoms with Crippen molar-refractivity contribution in [2.45, 2.75) is 25.8 Å². The van der Waals surface area contributed by atoms with Crippen molar-refractivity contribution in [1.29, 1.82) is 0 Å². The average molecular weight is 582 g/mol. The van der Waals surface area contributed by atoms with E-state index in [9.17, 15) is 24.5 Å². The summed E-state index contributed by atoms with van der Waals surface area (Å²) in [6.07, 6.45) is 4.19. The second-order valence-electron chi connectivity index (χ2n) is 9.35. The number of carbonyl (C=O) groups is 3. The minimum Gasteiger partial charge on any atom is -0.497 e. The van der Waals surface area contributed by atoms with E-state index in [4.69, 9.17) is 19.5 Å². The number of nitrogens with zero attached hydrogens (tertiary/aromatic N) is 4. The maximum absolute atomic E-state index is 12.4. The Bertz CT molecular complexity index is 1380. The highest BCUT2D eigenvalue weighted by Gasteiger charge is 2.21. The van der Waals surface area contributed by atoms with E-state index < -0.39 is 22.8 Å². The molecule has 2 heterocycles. The van der Waals surface area contributed by atoms with Crippen LogP contribution >= 0.6 is 0 Å². The van der Waals surface area contributed by atoms with E-state index in [1.807, 2.05) is 12.1 Å². The van der Waals surface area contributed by atoms with Gasteiger partial charge in [-0.25, -0.2) is 9.59 Å². The van der Waals surface area contributed by atoms with Gasteiger partial charge in [0.1, 0.15) is 5.75 Å². The molecule has 1 saturated heterocycles. The van der Waals surface area contributed by atoms with Gasteiger partial charge in [-0.1, -0.05) is 17.3 Å². The standard InChI is InChI=1S/C24H27N5O5.C4H4O4/c1-33-21-4-2-3-18(15-21)16-28-13-10-17(11-14-28)9-12-25-23(30)22-26-24(34-27-22)19-5-7-20(8-6-19)29(31)32;5-3(6)1-2-4(7)8/h2-8,15,17H,9-14,16H2,1H3,(H,25,30);1-2H,(H,5,6)(H,7,8)/b;2-1+. The molecule has 0 radical (unpaired) electrons. The Morgan fingerprint density at radius 3 is 2.38 bits per heavy atom. The van der Waals surface area contributed by atoms with Gasteiger partial charge in [0.05, 0.1) is 12.0 Å². The van der Waals surface area contributed by atoms with Gasteiger partial charge < -0.3 is 24.8 Å². The van der Waals surface area contributed by atoms with E-state index in [1.165, 1.54) is 29.8 Å². The lowest BCUT2D eigenvalue weighted by molar-refractivity contribution is -0.384. The highest BCUT2D eigenvalue weighted by Crippen LogP contribution is 2.23. The zero-order valence-electron chi connectivity index (χ0n) is 22.8. The molecule has 42 heavy (non-hydrogen) atoms. The Kier molecular flexibility index (Phi) is 11.7. The lowest BCUT2D eigenvalue weighted by Crippen LogP contribution is -2.35. The first-order chi connectivity index (χ1) is 20.1. The Balaban J connectivity index is 0.000000531. The number of hydrogen-bond acceptors (Lipinski definition) is 10. The summed E-state index contributed by atoms with van der Waals surface area (Å²) >= 11 is 0. The Morgan fingerprint density at radius 2 is 1.79 bits per heavy atom. The lowest BCUT2D eigenvalue weighted by Gasteiger charge is -2.32. The van der Waals surface area contributed by atoms with Crippen molar-refractivity contribution in [1.82, 2.24) is 20.4 Å². The van der Waals surface area contributed by atoms with Gasteiger partial charge in [0.25, 0.3) is 23.3 Å². The van der Waals surface area contributed by atoms with Gasteiger partial charge in [-0.3, -0.25) is 19.8 Å². The van der Waals surface area contributed by atoms with Crippen LogP contribution in [0.3, 0.4) is 0 Å². The van der Waals surface area contributed by atoms with Gasteiger partial charge in [0.2, 0.25) is 0 Å². The first-order valence-corrected chi connectivity index (χ1v) is 13.0. The molecule has 1 aromatic heterocycles. The predicted molar refractivity (Wildman–Crippen MR) is 149 cm³/mol. The number of ether oxygens (including phenoxy) is 1. The van der Waals surface area contributed by atoms with Crippen molar-refractivity contribution in [2.75, 3.05) is 26.7 Å². The fourth-order valence-corrected chi connectivity index (χ4v) is 4.23. The molecular formula is C28H31N5O9. The zero-order chi connectivity index (χ0) is 30.5. The van der Waals surface area contributed by atoms with E-state index >= 15 is 0 Å². The minimum absolute atomic E-state index is 0.0349. The summed E-state index contributed by atoms with van der Waals surface area (Å²) in [6.45, 7) is 3.51. The Labute approximate surface area is 240 Å². The van der Waals surface area contributed by atoms with Crippen LogP contribution in [0.1, 0.15) is 35.4 Å². The largest absolute Gasteiger partial charge is 0.497 e. The normalized spacial score (nSPS) is 13.6. The molecule has 4 rings (SSSR count). The summed E-state index contributed by atoms with van der Waals surface area (Å²) < 4.78 is 10.4.